The molecule has 0 saturated carbocycles. The van der Waals surface area contributed by atoms with Crippen LogP contribution in [0.2, 0.25) is 0 Å². The van der Waals surface area contributed by atoms with E-state index in [0.29, 0.717) is 5.92 Å². The van der Waals surface area contributed by atoms with Crippen molar-refractivity contribution in [3.63, 3.8) is 0 Å². The number of pyridine rings is 1. The van der Waals surface area contributed by atoms with Gasteiger partial charge < -0.3 is 4.74 Å². The Morgan fingerprint density at radius 3 is 2.81 bits per heavy atom. The van der Waals surface area contributed by atoms with Crippen LogP contribution in [-0.4, -0.2) is 36.1 Å². The molecule has 21 heavy (non-hydrogen) atoms. The predicted octanol–water partition coefficient (Wildman–Crippen LogP) is 3.18. The minimum atomic E-state index is 0.638. The van der Waals surface area contributed by atoms with E-state index in [1.54, 1.807) is 0 Å². The average Bonchev–Trinajstić information content (AvgIpc) is 2.46. The van der Waals surface area contributed by atoms with Crippen molar-refractivity contribution in [1.82, 2.24) is 9.88 Å². The fraction of sp³-hybridized carbons (Fsp3) is 0.389. The topological polar surface area (TPSA) is 25.4 Å². The maximum atomic E-state index is 5.91. The second kappa shape index (κ2) is 6.27. The molecular formula is C18H22N2O. The van der Waals surface area contributed by atoms with E-state index in [2.05, 4.69) is 48.0 Å². The first-order chi connectivity index (χ1) is 10.2. The van der Waals surface area contributed by atoms with Crippen LogP contribution in [-0.2, 0) is 0 Å². The summed E-state index contributed by atoms with van der Waals surface area (Å²) in [6, 6.07) is 10.4. The first-order valence-corrected chi connectivity index (χ1v) is 7.55. The molecule has 0 spiro atoms. The molecule has 1 saturated heterocycles. The van der Waals surface area contributed by atoms with E-state index in [1.165, 1.54) is 16.7 Å². The van der Waals surface area contributed by atoms with Crippen molar-refractivity contribution in [3.05, 3.63) is 59.4 Å². The van der Waals surface area contributed by atoms with Gasteiger partial charge in [-0.05, 0) is 42.7 Å². The Morgan fingerprint density at radius 1 is 1.19 bits per heavy atom. The molecule has 1 aromatic heterocycles. The Balaban J connectivity index is 1.43. The summed E-state index contributed by atoms with van der Waals surface area (Å²) in [6.07, 6.45) is 3.81. The lowest BCUT2D eigenvalue weighted by Gasteiger charge is -2.39. The van der Waals surface area contributed by atoms with E-state index < -0.39 is 0 Å². The van der Waals surface area contributed by atoms with Gasteiger partial charge in [-0.25, -0.2) is 0 Å². The lowest BCUT2D eigenvalue weighted by atomic mass is 9.93. The van der Waals surface area contributed by atoms with E-state index in [4.69, 9.17) is 4.74 Å². The number of ether oxygens (including phenoxy) is 1. The first-order valence-electron chi connectivity index (χ1n) is 7.55. The molecule has 0 unspecified atom stereocenters. The predicted molar refractivity (Wildman–Crippen MR) is 84.8 cm³/mol. The smallest absolute Gasteiger partial charge is 0.122 e. The highest BCUT2D eigenvalue weighted by atomic mass is 16.5. The van der Waals surface area contributed by atoms with Gasteiger partial charge in [-0.3, -0.25) is 9.88 Å². The highest BCUT2D eigenvalue weighted by Crippen LogP contribution is 2.26. The number of rotatable bonds is 5. The maximum Gasteiger partial charge on any atom is 0.122 e. The molecule has 0 N–H and O–H groups in total. The number of hydrogen-bond donors (Lipinski definition) is 0. The lowest BCUT2D eigenvalue weighted by Crippen LogP contribution is -2.46. The van der Waals surface area contributed by atoms with E-state index in [9.17, 15) is 0 Å². The Bertz CT molecular complexity index is 591. The Morgan fingerprint density at radius 2 is 2.05 bits per heavy atom. The third-order valence-electron chi connectivity index (χ3n) is 4.33. The zero-order valence-electron chi connectivity index (χ0n) is 12.7. The Hall–Kier alpha value is -1.87. The Labute approximate surface area is 126 Å². The standard InChI is InChI=1S/C18H22N2O/c1-14-5-3-7-18(15(14)2)21-10-9-20-12-17(13-20)16-6-4-8-19-11-16/h3-8,11,17H,9-10,12-13H2,1-2H3. The molecule has 1 aliphatic rings. The van der Waals surface area contributed by atoms with Gasteiger partial charge in [-0.15, -0.1) is 0 Å². The molecular weight excluding hydrogens is 260 g/mol. The summed E-state index contributed by atoms with van der Waals surface area (Å²) in [5.74, 6) is 1.65. The van der Waals surface area contributed by atoms with Crippen LogP contribution < -0.4 is 4.74 Å². The number of likely N-dealkylation sites (tertiary alicyclic amines) is 1. The molecule has 110 valence electrons. The van der Waals surface area contributed by atoms with Crippen LogP contribution in [0.5, 0.6) is 5.75 Å². The second-order valence-electron chi connectivity index (χ2n) is 5.79. The number of aromatic nitrogens is 1. The van der Waals surface area contributed by atoms with Crippen LogP contribution in [0.15, 0.2) is 42.7 Å². The van der Waals surface area contributed by atoms with Gasteiger partial charge in [0, 0.05) is 37.9 Å². The molecule has 3 rings (SSSR count). The van der Waals surface area contributed by atoms with Gasteiger partial charge in [-0.2, -0.15) is 0 Å². The van der Waals surface area contributed by atoms with E-state index >= 15 is 0 Å². The van der Waals surface area contributed by atoms with Gasteiger partial charge >= 0.3 is 0 Å². The molecule has 1 aromatic carbocycles. The van der Waals surface area contributed by atoms with E-state index in [0.717, 1.165) is 32.0 Å². The molecule has 3 nitrogen and oxygen atoms in total. The van der Waals surface area contributed by atoms with Gasteiger partial charge in [0.2, 0.25) is 0 Å². The molecule has 0 radical (unpaired) electrons. The summed E-state index contributed by atoms with van der Waals surface area (Å²) in [7, 11) is 0. The molecule has 1 aliphatic heterocycles. The molecule has 2 aromatic rings. The van der Waals surface area contributed by atoms with E-state index in [1.807, 2.05) is 18.5 Å². The summed E-state index contributed by atoms with van der Waals surface area (Å²) in [6.45, 7) is 8.21. The highest BCUT2D eigenvalue weighted by molar-refractivity contribution is 5.38. The monoisotopic (exact) mass is 282 g/mol. The number of aryl methyl sites for hydroxylation is 1. The van der Waals surface area contributed by atoms with Crippen molar-refractivity contribution >= 4 is 0 Å². The van der Waals surface area contributed by atoms with Crippen molar-refractivity contribution in [2.24, 2.45) is 0 Å². The van der Waals surface area contributed by atoms with Gasteiger partial charge in [-0.1, -0.05) is 18.2 Å². The minimum Gasteiger partial charge on any atom is -0.492 e. The molecule has 0 amide bonds. The van der Waals surface area contributed by atoms with Gasteiger partial charge in [0.25, 0.3) is 0 Å². The third kappa shape index (κ3) is 3.24. The third-order valence-corrected chi connectivity index (χ3v) is 4.33. The second-order valence-corrected chi connectivity index (χ2v) is 5.79. The number of benzene rings is 1. The van der Waals surface area contributed by atoms with Crippen molar-refractivity contribution in [1.29, 1.82) is 0 Å². The summed E-state index contributed by atoms with van der Waals surface area (Å²) in [5.41, 5.74) is 3.88. The molecule has 0 aliphatic carbocycles. The summed E-state index contributed by atoms with van der Waals surface area (Å²) in [5, 5.41) is 0. The molecule has 0 atom stereocenters. The van der Waals surface area contributed by atoms with Gasteiger partial charge in [0.1, 0.15) is 12.4 Å². The normalized spacial score (nSPS) is 15.7. The zero-order chi connectivity index (χ0) is 14.7. The molecule has 3 heteroatoms. The number of nitrogens with zero attached hydrogens (tertiary/aromatic N) is 2. The minimum absolute atomic E-state index is 0.638. The fourth-order valence-corrected chi connectivity index (χ4v) is 2.75. The maximum absolute atomic E-state index is 5.91. The SMILES string of the molecule is Cc1cccc(OCCN2CC(c3cccnc3)C2)c1C. The zero-order valence-corrected chi connectivity index (χ0v) is 12.7. The molecule has 0 bridgehead atoms. The summed E-state index contributed by atoms with van der Waals surface area (Å²) >= 11 is 0. The van der Waals surface area contributed by atoms with Crippen molar-refractivity contribution in [2.45, 2.75) is 19.8 Å². The number of hydrogen-bond acceptors (Lipinski definition) is 3. The quantitative estimate of drug-likeness (QED) is 0.842. The molecule has 2 heterocycles. The van der Waals surface area contributed by atoms with Crippen LogP contribution in [0, 0.1) is 13.8 Å². The Kier molecular flexibility index (Phi) is 4.20. The van der Waals surface area contributed by atoms with Crippen LogP contribution in [0.1, 0.15) is 22.6 Å². The average molecular weight is 282 g/mol. The van der Waals surface area contributed by atoms with Crippen LogP contribution in [0.4, 0.5) is 0 Å². The van der Waals surface area contributed by atoms with Crippen LogP contribution in [0.3, 0.4) is 0 Å². The summed E-state index contributed by atoms with van der Waals surface area (Å²) < 4.78 is 5.91. The largest absolute Gasteiger partial charge is 0.492 e. The van der Waals surface area contributed by atoms with Crippen LogP contribution in [0.25, 0.3) is 0 Å². The fourth-order valence-electron chi connectivity index (χ4n) is 2.75. The molecule has 1 fully saturated rings. The van der Waals surface area contributed by atoms with Crippen molar-refractivity contribution < 1.29 is 4.74 Å². The van der Waals surface area contributed by atoms with Gasteiger partial charge in [0.05, 0.1) is 0 Å². The summed E-state index contributed by atoms with van der Waals surface area (Å²) in [4.78, 5) is 6.62. The highest BCUT2D eigenvalue weighted by Gasteiger charge is 2.27. The lowest BCUT2D eigenvalue weighted by molar-refractivity contribution is 0.121. The van der Waals surface area contributed by atoms with Crippen molar-refractivity contribution in [3.8, 4) is 5.75 Å². The van der Waals surface area contributed by atoms with Crippen LogP contribution >= 0.6 is 0 Å². The first kappa shape index (κ1) is 14.1. The van der Waals surface area contributed by atoms with Crippen molar-refractivity contribution in [2.75, 3.05) is 26.2 Å². The van der Waals surface area contributed by atoms with Gasteiger partial charge in [0.15, 0.2) is 0 Å². The van der Waals surface area contributed by atoms with E-state index in [-0.39, 0.29) is 0 Å².